The first kappa shape index (κ1) is 19.5. The van der Waals surface area contributed by atoms with Crippen LogP contribution in [0.15, 0.2) is 54.6 Å². The van der Waals surface area contributed by atoms with Crippen molar-refractivity contribution in [1.29, 1.82) is 0 Å². The SMILES string of the molecule is C#CC1CCN(C(=O)OCc2ccccc2)[C@H](c2ccc(C(=O)OC)cc2)C1. The predicted octanol–water partition coefficient (Wildman–Crippen LogP) is 4.20. The predicted molar refractivity (Wildman–Crippen MR) is 105 cm³/mol. The summed E-state index contributed by atoms with van der Waals surface area (Å²) in [5.41, 5.74) is 2.33. The lowest BCUT2D eigenvalue weighted by molar-refractivity contribution is 0.0594. The highest BCUT2D eigenvalue weighted by Crippen LogP contribution is 2.34. The third kappa shape index (κ3) is 4.52. The van der Waals surface area contributed by atoms with E-state index in [2.05, 4.69) is 5.92 Å². The van der Waals surface area contributed by atoms with Gasteiger partial charge in [-0.3, -0.25) is 0 Å². The Kier molecular flexibility index (Phi) is 6.33. The van der Waals surface area contributed by atoms with E-state index < -0.39 is 5.97 Å². The van der Waals surface area contributed by atoms with Crippen LogP contribution < -0.4 is 0 Å². The van der Waals surface area contributed by atoms with Gasteiger partial charge in [0.1, 0.15) is 6.61 Å². The second kappa shape index (κ2) is 9.09. The van der Waals surface area contributed by atoms with Crippen LogP contribution in [0.5, 0.6) is 0 Å². The highest BCUT2D eigenvalue weighted by atomic mass is 16.6. The van der Waals surface area contributed by atoms with Gasteiger partial charge in [0.25, 0.3) is 0 Å². The fourth-order valence-corrected chi connectivity index (χ4v) is 3.41. The number of methoxy groups -OCH3 is 1. The molecule has 0 spiro atoms. The van der Waals surface area contributed by atoms with Gasteiger partial charge in [-0.2, -0.15) is 0 Å². The van der Waals surface area contributed by atoms with Crippen molar-refractivity contribution < 1.29 is 19.1 Å². The Hall–Kier alpha value is -3.26. The highest BCUT2D eigenvalue weighted by molar-refractivity contribution is 5.89. The van der Waals surface area contributed by atoms with Crippen molar-refractivity contribution in [3.05, 3.63) is 71.3 Å². The van der Waals surface area contributed by atoms with E-state index in [1.165, 1.54) is 7.11 Å². The third-order valence-electron chi connectivity index (χ3n) is 4.99. The van der Waals surface area contributed by atoms with Crippen molar-refractivity contribution in [3.8, 4) is 12.3 Å². The molecule has 5 heteroatoms. The molecule has 1 heterocycles. The number of carbonyl (C=O) groups is 2. The normalized spacial score (nSPS) is 18.8. The Morgan fingerprint density at radius 1 is 1.14 bits per heavy atom. The second-order valence-electron chi connectivity index (χ2n) is 6.75. The molecule has 0 bridgehead atoms. The summed E-state index contributed by atoms with van der Waals surface area (Å²) < 4.78 is 10.3. The zero-order valence-corrected chi connectivity index (χ0v) is 15.8. The molecule has 144 valence electrons. The molecule has 3 rings (SSSR count). The first-order chi connectivity index (χ1) is 13.6. The molecule has 0 radical (unpaired) electrons. The summed E-state index contributed by atoms with van der Waals surface area (Å²) in [6.07, 6.45) is 6.68. The van der Waals surface area contributed by atoms with Crippen LogP contribution in [0.2, 0.25) is 0 Å². The van der Waals surface area contributed by atoms with Crippen LogP contribution in [0.4, 0.5) is 4.79 Å². The minimum Gasteiger partial charge on any atom is -0.465 e. The number of esters is 1. The molecule has 1 aliphatic heterocycles. The number of hydrogen-bond acceptors (Lipinski definition) is 4. The molecule has 1 amide bonds. The Morgan fingerprint density at radius 3 is 2.50 bits per heavy atom. The van der Waals surface area contributed by atoms with Crippen LogP contribution in [0.1, 0.15) is 40.4 Å². The van der Waals surface area contributed by atoms with Gasteiger partial charge in [0.2, 0.25) is 0 Å². The Balaban J connectivity index is 1.75. The van der Waals surface area contributed by atoms with Crippen molar-refractivity contribution in [1.82, 2.24) is 4.90 Å². The molecule has 2 aromatic rings. The summed E-state index contributed by atoms with van der Waals surface area (Å²) in [7, 11) is 1.35. The van der Waals surface area contributed by atoms with E-state index in [9.17, 15) is 9.59 Å². The molecule has 0 saturated carbocycles. The molecule has 1 fully saturated rings. The van der Waals surface area contributed by atoms with Crippen molar-refractivity contribution in [2.75, 3.05) is 13.7 Å². The fraction of sp³-hybridized carbons (Fsp3) is 0.304. The van der Waals surface area contributed by atoms with Crippen LogP contribution in [0.25, 0.3) is 0 Å². The highest BCUT2D eigenvalue weighted by Gasteiger charge is 2.33. The lowest BCUT2D eigenvalue weighted by atomic mass is 9.87. The fourth-order valence-electron chi connectivity index (χ4n) is 3.41. The second-order valence-corrected chi connectivity index (χ2v) is 6.75. The number of likely N-dealkylation sites (tertiary alicyclic amines) is 1. The summed E-state index contributed by atoms with van der Waals surface area (Å²) in [4.78, 5) is 26.1. The summed E-state index contributed by atoms with van der Waals surface area (Å²) >= 11 is 0. The molecule has 0 N–H and O–H groups in total. The lowest BCUT2D eigenvalue weighted by Gasteiger charge is -2.37. The van der Waals surface area contributed by atoms with Crippen molar-refractivity contribution >= 4 is 12.1 Å². The number of ether oxygens (including phenoxy) is 2. The smallest absolute Gasteiger partial charge is 0.410 e. The first-order valence-corrected chi connectivity index (χ1v) is 9.24. The number of terminal acetylenes is 1. The topological polar surface area (TPSA) is 55.8 Å². The van der Waals surface area contributed by atoms with E-state index in [0.717, 1.165) is 17.5 Å². The zero-order valence-electron chi connectivity index (χ0n) is 15.8. The molecular formula is C23H23NO4. The zero-order chi connectivity index (χ0) is 19.9. The number of benzene rings is 2. The number of amides is 1. The third-order valence-corrected chi connectivity index (χ3v) is 4.99. The molecule has 28 heavy (non-hydrogen) atoms. The maximum Gasteiger partial charge on any atom is 0.410 e. The largest absolute Gasteiger partial charge is 0.465 e. The van der Waals surface area contributed by atoms with E-state index in [-0.39, 0.29) is 24.7 Å². The van der Waals surface area contributed by atoms with Gasteiger partial charge in [0.15, 0.2) is 0 Å². The maximum atomic E-state index is 12.7. The van der Waals surface area contributed by atoms with Gasteiger partial charge in [0, 0.05) is 12.5 Å². The summed E-state index contributed by atoms with van der Waals surface area (Å²) in [5, 5.41) is 0. The van der Waals surface area contributed by atoms with Gasteiger partial charge in [-0.25, -0.2) is 9.59 Å². The molecule has 0 aliphatic carbocycles. The summed E-state index contributed by atoms with van der Waals surface area (Å²) in [6.45, 7) is 0.759. The van der Waals surface area contributed by atoms with Crippen LogP contribution in [-0.2, 0) is 16.1 Å². The van der Waals surface area contributed by atoms with Crippen molar-refractivity contribution in [2.45, 2.75) is 25.5 Å². The molecule has 0 aromatic heterocycles. The van der Waals surface area contributed by atoms with Crippen LogP contribution in [-0.4, -0.2) is 30.6 Å². The van der Waals surface area contributed by atoms with Gasteiger partial charge in [0.05, 0.1) is 18.7 Å². The van der Waals surface area contributed by atoms with E-state index in [4.69, 9.17) is 15.9 Å². The molecule has 1 saturated heterocycles. The maximum absolute atomic E-state index is 12.7. The first-order valence-electron chi connectivity index (χ1n) is 9.24. The standard InChI is InChI=1S/C23H23NO4/c1-3-17-13-14-24(23(26)28-16-18-7-5-4-6-8-18)21(15-17)19-9-11-20(12-10-19)22(25)27-2/h1,4-12,17,21H,13-16H2,2H3/t17?,21-/m0/s1. The monoisotopic (exact) mass is 377 g/mol. The molecule has 1 aliphatic rings. The number of carbonyl (C=O) groups excluding carboxylic acids is 2. The minimum atomic E-state index is -0.393. The molecule has 2 aromatic carbocycles. The quantitative estimate of drug-likeness (QED) is 0.592. The van der Waals surface area contributed by atoms with Gasteiger partial charge in [-0.15, -0.1) is 12.3 Å². The van der Waals surface area contributed by atoms with Crippen LogP contribution >= 0.6 is 0 Å². The van der Waals surface area contributed by atoms with Crippen molar-refractivity contribution in [3.63, 3.8) is 0 Å². The van der Waals surface area contributed by atoms with Gasteiger partial charge in [-0.05, 0) is 36.1 Å². The molecule has 1 unspecified atom stereocenters. The minimum absolute atomic E-state index is 0.100. The molecule has 5 nitrogen and oxygen atoms in total. The summed E-state index contributed by atoms with van der Waals surface area (Å²) in [6, 6.07) is 16.5. The number of piperidine rings is 1. The van der Waals surface area contributed by atoms with E-state index in [1.54, 1.807) is 17.0 Å². The molecule has 2 atom stereocenters. The summed E-state index contributed by atoms with van der Waals surface area (Å²) in [5.74, 6) is 2.51. The Morgan fingerprint density at radius 2 is 1.86 bits per heavy atom. The van der Waals surface area contributed by atoms with Crippen molar-refractivity contribution in [2.24, 2.45) is 5.92 Å². The van der Waals surface area contributed by atoms with Gasteiger partial charge in [-0.1, -0.05) is 42.5 Å². The van der Waals surface area contributed by atoms with E-state index >= 15 is 0 Å². The number of nitrogens with zero attached hydrogens (tertiary/aromatic N) is 1. The average molecular weight is 377 g/mol. The Bertz CT molecular complexity index is 854. The van der Waals surface area contributed by atoms with Gasteiger partial charge >= 0.3 is 12.1 Å². The van der Waals surface area contributed by atoms with E-state index in [1.807, 2.05) is 42.5 Å². The van der Waals surface area contributed by atoms with Crippen LogP contribution in [0.3, 0.4) is 0 Å². The lowest BCUT2D eigenvalue weighted by Crippen LogP contribution is -2.41. The van der Waals surface area contributed by atoms with Crippen LogP contribution in [0, 0.1) is 18.3 Å². The Labute approximate surface area is 165 Å². The average Bonchev–Trinajstić information content (AvgIpc) is 2.77. The van der Waals surface area contributed by atoms with Gasteiger partial charge < -0.3 is 14.4 Å². The van der Waals surface area contributed by atoms with E-state index in [0.29, 0.717) is 18.5 Å². The molecular weight excluding hydrogens is 354 g/mol. The number of hydrogen-bond donors (Lipinski definition) is 0. The number of rotatable bonds is 4.